The largest absolute Gasteiger partial charge is 0.506 e. The van der Waals surface area contributed by atoms with Crippen molar-refractivity contribution in [2.75, 3.05) is 0 Å². The Morgan fingerprint density at radius 2 is 1.33 bits per heavy atom. The van der Waals surface area contributed by atoms with Crippen molar-refractivity contribution in [3.63, 3.8) is 0 Å². The summed E-state index contributed by atoms with van der Waals surface area (Å²) in [6.45, 7) is 2.12. The quantitative estimate of drug-likeness (QED) is 0.567. The van der Waals surface area contributed by atoms with E-state index in [9.17, 15) is 5.11 Å². The van der Waals surface area contributed by atoms with Gasteiger partial charge in [-0.25, -0.2) is 0 Å². The van der Waals surface area contributed by atoms with Gasteiger partial charge in [0.05, 0.1) is 11.4 Å². The van der Waals surface area contributed by atoms with Crippen LogP contribution in [-0.4, -0.2) is 25.0 Å². The number of rotatable bonds is 6. The van der Waals surface area contributed by atoms with Crippen LogP contribution in [0.15, 0.2) is 79.3 Å². The number of hydrogen-bond donors (Lipinski definition) is 1. The van der Waals surface area contributed by atoms with Gasteiger partial charge in [0.25, 0.3) is 0 Å². The molecular weight excluding hydrogens is 336 g/mol. The van der Waals surface area contributed by atoms with Gasteiger partial charge in [0, 0.05) is 43.6 Å². The molecule has 0 bridgehead atoms. The molecule has 5 nitrogen and oxygen atoms in total. The van der Waals surface area contributed by atoms with E-state index in [1.807, 2.05) is 67.0 Å². The summed E-state index contributed by atoms with van der Waals surface area (Å²) >= 11 is 0. The monoisotopic (exact) mass is 356 g/mol. The third kappa shape index (κ3) is 4.10. The SMILES string of the molecule is Oc1ccc(CN(Cc2ccccn2)Cc2ccccn2)c2cccnc12. The van der Waals surface area contributed by atoms with Gasteiger partial charge in [0.1, 0.15) is 11.3 Å². The summed E-state index contributed by atoms with van der Waals surface area (Å²) in [6.07, 6.45) is 5.33. The predicted molar refractivity (Wildman–Crippen MR) is 105 cm³/mol. The average molecular weight is 356 g/mol. The van der Waals surface area contributed by atoms with Crippen LogP contribution >= 0.6 is 0 Å². The van der Waals surface area contributed by atoms with Crippen LogP contribution in [0.3, 0.4) is 0 Å². The molecule has 3 aromatic heterocycles. The Morgan fingerprint density at radius 3 is 1.96 bits per heavy atom. The van der Waals surface area contributed by atoms with Crippen LogP contribution in [0.5, 0.6) is 5.75 Å². The molecule has 0 saturated carbocycles. The number of benzene rings is 1. The normalized spacial score (nSPS) is 11.1. The van der Waals surface area contributed by atoms with E-state index in [0.29, 0.717) is 25.2 Å². The molecule has 0 aliphatic carbocycles. The van der Waals surface area contributed by atoms with Crippen molar-refractivity contribution in [2.24, 2.45) is 0 Å². The highest BCUT2D eigenvalue weighted by atomic mass is 16.3. The second-order valence-electron chi connectivity index (χ2n) is 6.43. The van der Waals surface area contributed by atoms with E-state index in [4.69, 9.17) is 0 Å². The van der Waals surface area contributed by atoms with E-state index in [1.165, 1.54) is 0 Å². The molecule has 0 aliphatic rings. The van der Waals surface area contributed by atoms with Gasteiger partial charge >= 0.3 is 0 Å². The molecule has 0 unspecified atom stereocenters. The van der Waals surface area contributed by atoms with Crippen molar-refractivity contribution in [1.29, 1.82) is 0 Å². The van der Waals surface area contributed by atoms with E-state index in [2.05, 4.69) is 19.9 Å². The molecular formula is C22H20N4O. The third-order valence-corrected chi connectivity index (χ3v) is 4.46. The molecule has 27 heavy (non-hydrogen) atoms. The molecule has 0 spiro atoms. The fourth-order valence-electron chi connectivity index (χ4n) is 3.20. The van der Waals surface area contributed by atoms with Crippen LogP contribution in [-0.2, 0) is 19.6 Å². The Balaban J connectivity index is 1.65. The van der Waals surface area contributed by atoms with Gasteiger partial charge in [0.2, 0.25) is 0 Å². The van der Waals surface area contributed by atoms with Gasteiger partial charge < -0.3 is 5.11 Å². The number of hydrogen-bond acceptors (Lipinski definition) is 5. The van der Waals surface area contributed by atoms with Gasteiger partial charge in [-0.3, -0.25) is 19.9 Å². The number of fused-ring (bicyclic) bond motifs is 1. The number of aromatic hydroxyl groups is 1. The Kier molecular flexibility index (Phi) is 5.03. The minimum absolute atomic E-state index is 0.204. The van der Waals surface area contributed by atoms with Crippen molar-refractivity contribution in [2.45, 2.75) is 19.6 Å². The van der Waals surface area contributed by atoms with Crippen molar-refractivity contribution in [1.82, 2.24) is 19.9 Å². The van der Waals surface area contributed by atoms with Crippen molar-refractivity contribution < 1.29 is 5.11 Å². The van der Waals surface area contributed by atoms with E-state index in [1.54, 1.807) is 12.3 Å². The van der Waals surface area contributed by atoms with Gasteiger partial charge in [-0.1, -0.05) is 24.3 Å². The number of phenolic OH excluding ortho intramolecular Hbond substituents is 1. The topological polar surface area (TPSA) is 62.1 Å². The number of pyridine rings is 3. The molecule has 3 heterocycles. The second kappa shape index (κ2) is 7.93. The molecule has 1 aromatic carbocycles. The van der Waals surface area contributed by atoms with E-state index in [0.717, 1.165) is 22.3 Å². The van der Waals surface area contributed by atoms with Crippen LogP contribution in [0, 0.1) is 0 Å². The van der Waals surface area contributed by atoms with Gasteiger partial charge in [-0.05, 0) is 42.0 Å². The summed E-state index contributed by atoms with van der Waals surface area (Å²) < 4.78 is 0. The smallest absolute Gasteiger partial charge is 0.141 e. The lowest BCUT2D eigenvalue weighted by atomic mass is 10.1. The highest BCUT2D eigenvalue weighted by Gasteiger charge is 2.13. The zero-order valence-corrected chi connectivity index (χ0v) is 14.9. The van der Waals surface area contributed by atoms with Crippen LogP contribution in [0.2, 0.25) is 0 Å². The number of phenols is 1. The summed E-state index contributed by atoms with van der Waals surface area (Å²) in [5.74, 6) is 0.204. The summed E-state index contributed by atoms with van der Waals surface area (Å²) in [5, 5.41) is 11.1. The lowest BCUT2D eigenvalue weighted by Crippen LogP contribution is -2.23. The van der Waals surface area contributed by atoms with E-state index >= 15 is 0 Å². The molecule has 0 fully saturated rings. The highest BCUT2D eigenvalue weighted by molar-refractivity contribution is 5.87. The Hall–Kier alpha value is -3.31. The maximum atomic E-state index is 10.1. The second-order valence-corrected chi connectivity index (χ2v) is 6.43. The Morgan fingerprint density at radius 1 is 0.667 bits per heavy atom. The predicted octanol–water partition coefficient (Wildman–Crippen LogP) is 3.93. The molecule has 0 atom stereocenters. The zero-order chi connectivity index (χ0) is 18.5. The Bertz CT molecular complexity index is 981. The maximum absolute atomic E-state index is 10.1. The molecule has 0 saturated heterocycles. The summed E-state index contributed by atoms with van der Waals surface area (Å²) in [4.78, 5) is 15.5. The molecule has 134 valence electrons. The molecule has 0 radical (unpaired) electrons. The minimum Gasteiger partial charge on any atom is -0.506 e. The summed E-state index contributed by atoms with van der Waals surface area (Å²) in [6, 6.07) is 19.5. The fraction of sp³-hybridized carbons (Fsp3) is 0.136. The molecule has 1 N–H and O–H groups in total. The zero-order valence-electron chi connectivity index (χ0n) is 14.9. The minimum atomic E-state index is 0.204. The van der Waals surface area contributed by atoms with Crippen LogP contribution in [0.4, 0.5) is 0 Å². The molecule has 5 heteroatoms. The van der Waals surface area contributed by atoms with Crippen molar-refractivity contribution >= 4 is 10.9 Å². The van der Waals surface area contributed by atoms with Gasteiger partial charge in [0.15, 0.2) is 0 Å². The number of nitrogens with zero attached hydrogens (tertiary/aromatic N) is 4. The van der Waals surface area contributed by atoms with Crippen molar-refractivity contribution in [3.8, 4) is 5.75 Å². The standard InChI is InChI=1S/C22H20N4O/c27-21-10-9-17(20-8-5-13-25-22(20)21)14-26(15-18-6-1-3-11-23-18)16-19-7-2-4-12-24-19/h1-13,27H,14-16H2. The first kappa shape index (κ1) is 17.1. The van der Waals surface area contributed by atoms with Crippen LogP contribution in [0.1, 0.15) is 17.0 Å². The molecule has 4 rings (SSSR count). The van der Waals surface area contributed by atoms with Crippen LogP contribution < -0.4 is 0 Å². The van der Waals surface area contributed by atoms with E-state index < -0.39 is 0 Å². The molecule has 0 amide bonds. The maximum Gasteiger partial charge on any atom is 0.141 e. The number of aromatic nitrogens is 3. The lowest BCUT2D eigenvalue weighted by molar-refractivity contribution is 0.242. The third-order valence-electron chi connectivity index (χ3n) is 4.46. The first-order valence-corrected chi connectivity index (χ1v) is 8.87. The highest BCUT2D eigenvalue weighted by Crippen LogP contribution is 2.27. The van der Waals surface area contributed by atoms with Gasteiger partial charge in [-0.15, -0.1) is 0 Å². The fourth-order valence-corrected chi connectivity index (χ4v) is 3.20. The van der Waals surface area contributed by atoms with E-state index in [-0.39, 0.29) is 5.75 Å². The van der Waals surface area contributed by atoms with Gasteiger partial charge in [-0.2, -0.15) is 0 Å². The van der Waals surface area contributed by atoms with Crippen LogP contribution in [0.25, 0.3) is 10.9 Å². The first-order chi connectivity index (χ1) is 13.3. The molecule has 0 aliphatic heterocycles. The average Bonchev–Trinajstić information content (AvgIpc) is 2.72. The summed E-state index contributed by atoms with van der Waals surface area (Å²) in [5.41, 5.74) is 3.76. The lowest BCUT2D eigenvalue weighted by Gasteiger charge is -2.22. The van der Waals surface area contributed by atoms with Crippen molar-refractivity contribution in [3.05, 3.63) is 96.2 Å². The summed E-state index contributed by atoms with van der Waals surface area (Å²) in [7, 11) is 0. The molecule has 4 aromatic rings. The first-order valence-electron chi connectivity index (χ1n) is 8.87. The Labute approximate surface area is 158 Å².